The number of benzene rings is 2. The Hall–Kier alpha value is -2.60. The van der Waals surface area contributed by atoms with Crippen LogP contribution in [0.1, 0.15) is 30.0 Å². The second-order valence-electron chi connectivity index (χ2n) is 7.53. The van der Waals surface area contributed by atoms with Crippen LogP contribution in [0.15, 0.2) is 59.6 Å². The average molecular weight is 531 g/mol. The molecule has 1 fully saturated rings. The predicted molar refractivity (Wildman–Crippen MR) is 134 cm³/mol. The molecule has 1 saturated heterocycles. The van der Waals surface area contributed by atoms with Crippen LogP contribution in [-0.4, -0.2) is 42.9 Å². The smallest absolute Gasteiger partial charge is 0.223 e. The largest absolute Gasteiger partial charge is 0.357 e. The molecule has 0 spiro atoms. The normalized spacial score (nSPS) is 15.9. The minimum Gasteiger partial charge on any atom is -0.357 e. The Morgan fingerprint density at radius 1 is 1.13 bits per heavy atom. The van der Waals surface area contributed by atoms with E-state index in [0.29, 0.717) is 25.1 Å². The molecule has 1 atom stereocenters. The molecule has 2 aromatic carbocycles. The number of carbonyl (C=O) groups excluding carboxylic acids is 1. The molecule has 2 aromatic rings. The van der Waals surface area contributed by atoms with Crippen LogP contribution in [-0.2, 0) is 17.8 Å². The van der Waals surface area contributed by atoms with Gasteiger partial charge in [0.1, 0.15) is 0 Å². The fraction of sp³-hybridized carbons (Fsp3) is 0.375. The van der Waals surface area contributed by atoms with E-state index >= 15 is 0 Å². The van der Waals surface area contributed by atoms with E-state index in [1.807, 2.05) is 42.2 Å². The van der Waals surface area contributed by atoms with Gasteiger partial charge in [-0.1, -0.05) is 42.5 Å². The third kappa shape index (κ3) is 7.87. The molecule has 1 aliphatic rings. The number of likely N-dealkylation sites (tertiary alicyclic amines) is 1. The number of nitrogens with zero attached hydrogens (tertiary/aromatic N) is 3. The quantitative estimate of drug-likeness (QED) is 0.311. The fourth-order valence-electron chi connectivity index (χ4n) is 3.55. The summed E-state index contributed by atoms with van der Waals surface area (Å²) in [4.78, 5) is 19.0. The van der Waals surface area contributed by atoms with Crippen molar-refractivity contribution in [1.82, 2.24) is 15.5 Å². The van der Waals surface area contributed by atoms with Crippen molar-refractivity contribution in [2.45, 2.75) is 26.3 Å². The molecule has 3 rings (SSSR count). The number of nitriles is 1. The van der Waals surface area contributed by atoms with Crippen molar-refractivity contribution in [2.24, 2.45) is 10.9 Å². The summed E-state index contributed by atoms with van der Waals surface area (Å²) in [5, 5.41) is 15.5. The first-order valence-corrected chi connectivity index (χ1v) is 10.5. The second kappa shape index (κ2) is 13.0. The minimum absolute atomic E-state index is 0. The summed E-state index contributed by atoms with van der Waals surface area (Å²) in [7, 11) is 0. The first kappa shape index (κ1) is 24.7. The average Bonchev–Trinajstić information content (AvgIpc) is 3.14. The first-order chi connectivity index (χ1) is 14.7. The van der Waals surface area contributed by atoms with E-state index in [9.17, 15) is 4.79 Å². The van der Waals surface area contributed by atoms with Gasteiger partial charge < -0.3 is 15.5 Å². The molecular weight excluding hydrogens is 501 g/mol. The van der Waals surface area contributed by atoms with E-state index in [1.54, 1.807) is 12.1 Å². The Labute approximate surface area is 201 Å². The van der Waals surface area contributed by atoms with Gasteiger partial charge in [0.2, 0.25) is 5.91 Å². The van der Waals surface area contributed by atoms with Crippen LogP contribution in [0.2, 0.25) is 0 Å². The summed E-state index contributed by atoms with van der Waals surface area (Å²) in [6, 6.07) is 19.9. The highest BCUT2D eigenvalue weighted by Crippen LogP contribution is 2.17. The molecule has 0 saturated carbocycles. The molecule has 164 valence electrons. The number of hydrogen-bond acceptors (Lipinski definition) is 3. The summed E-state index contributed by atoms with van der Waals surface area (Å²) in [6.45, 7) is 5.61. The molecule has 6 nitrogen and oxygen atoms in total. The molecule has 1 aliphatic heterocycles. The number of guanidine groups is 1. The van der Waals surface area contributed by atoms with E-state index in [0.717, 1.165) is 37.6 Å². The van der Waals surface area contributed by atoms with Crippen molar-refractivity contribution in [1.29, 1.82) is 5.26 Å². The highest BCUT2D eigenvalue weighted by Gasteiger charge is 2.29. The maximum absolute atomic E-state index is 12.4. The van der Waals surface area contributed by atoms with Gasteiger partial charge in [-0.3, -0.25) is 4.79 Å². The van der Waals surface area contributed by atoms with Crippen molar-refractivity contribution >= 4 is 35.8 Å². The molecule has 0 radical (unpaired) electrons. The highest BCUT2D eigenvalue weighted by atomic mass is 127. The van der Waals surface area contributed by atoms with Crippen LogP contribution in [0, 0.1) is 17.2 Å². The Balaban J connectivity index is 0.00000341. The summed E-state index contributed by atoms with van der Waals surface area (Å²) in [5.41, 5.74) is 2.96. The summed E-state index contributed by atoms with van der Waals surface area (Å²) in [6.07, 6.45) is 1.47. The van der Waals surface area contributed by atoms with Gasteiger partial charge in [-0.25, -0.2) is 4.99 Å². The van der Waals surface area contributed by atoms with Crippen LogP contribution in [0.3, 0.4) is 0 Å². The zero-order valence-electron chi connectivity index (χ0n) is 17.9. The van der Waals surface area contributed by atoms with E-state index in [4.69, 9.17) is 5.26 Å². The maximum Gasteiger partial charge on any atom is 0.223 e. The van der Waals surface area contributed by atoms with Crippen molar-refractivity contribution in [2.75, 3.05) is 26.2 Å². The van der Waals surface area contributed by atoms with E-state index in [1.165, 1.54) is 5.56 Å². The number of aliphatic imine (C=N–C) groups is 1. The van der Waals surface area contributed by atoms with Gasteiger partial charge in [-0.05, 0) is 36.6 Å². The van der Waals surface area contributed by atoms with Crippen LogP contribution in [0.4, 0.5) is 0 Å². The molecule has 31 heavy (non-hydrogen) atoms. The Morgan fingerprint density at radius 3 is 2.55 bits per heavy atom. The monoisotopic (exact) mass is 531 g/mol. The van der Waals surface area contributed by atoms with Gasteiger partial charge in [0.25, 0.3) is 0 Å². The number of amides is 1. The zero-order chi connectivity index (χ0) is 21.2. The van der Waals surface area contributed by atoms with E-state index < -0.39 is 0 Å². The number of nitrogens with one attached hydrogen (secondary N) is 2. The third-order valence-corrected chi connectivity index (χ3v) is 5.21. The standard InChI is InChI=1S/C24H29N5O.HI/c1-2-26-24(27-16-21-10-8-20(15-25)9-11-21)28-17-22-14-23(30)29(18-22)13-12-19-6-4-3-5-7-19;/h3-11,22H,2,12-14,16-18H2,1H3,(H2,26,27,28);1H. The lowest BCUT2D eigenvalue weighted by Gasteiger charge is -2.18. The van der Waals surface area contributed by atoms with Gasteiger partial charge >= 0.3 is 0 Å². The summed E-state index contributed by atoms with van der Waals surface area (Å²) >= 11 is 0. The predicted octanol–water partition coefficient (Wildman–Crippen LogP) is 3.32. The zero-order valence-corrected chi connectivity index (χ0v) is 20.2. The Bertz CT molecular complexity index is 892. The lowest BCUT2D eigenvalue weighted by atomic mass is 10.1. The molecular formula is C24H30IN5O. The van der Waals surface area contributed by atoms with Gasteiger partial charge in [-0.2, -0.15) is 5.26 Å². The second-order valence-corrected chi connectivity index (χ2v) is 7.53. The van der Waals surface area contributed by atoms with Gasteiger partial charge in [0.05, 0.1) is 18.2 Å². The van der Waals surface area contributed by atoms with Crippen molar-refractivity contribution < 1.29 is 4.79 Å². The Morgan fingerprint density at radius 2 is 1.87 bits per heavy atom. The van der Waals surface area contributed by atoms with Crippen molar-refractivity contribution in [3.63, 3.8) is 0 Å². The lowest BCUT2D eigenvalue weighted by Crippen LogP contribution is -2.40. The molecule has 2 N–H and O–H groups in total. The van der Waals surface area contributed by atoms with Crippen molar-refractivity contribution in [3.8, 4) is 6.07 Å². The summed E-state index contributed by atoms with van der Waals surface area (Å²) in [5.74, 6) is 1.27. The lowest BCUT2D eigenvalue weighted by molar-refractivity contribution is -0.127. The minimum atomic E-state index is 0. The molecule has 7 heteroatoms. The number of halogens is 1. The van der Waals surface area contributed by atoms with Gasteiger partial charge in [0, 0.05) is 38.5 Å². The van der Waals surface area contributed by atoms with Crippen LogP contribution in [0.5, 0.6) is 0 Å². The molecule has 1 amide bonds. The number of rotatable bonds is 8. The SMILES string of the molecule is CCNC(=NCc1ccc(C#N)cc1)NCC1CC(=O)N(CCc2ccccc2)C1.I. The van der Waals surface area contributed by atoms with E-state index in [-0.39, 0.29) is 35.8 Å². The van der Waals surface area contributed by atoms with Crippen LogP contribution in [0.25, 0.3) is 0 Å². The highest BCUT2D eigenvalue weighted by molar-refractivity contribution is 14.0. The Kier molecular flexibility index (Phi) is 10.3. The number of carbonyl (C=O) groups is 1. The molecule has 0 aromatic heterocycles. The van der Waals surface area contributed by atoms with Gasteiger partial charge in [-0.15, -0.1) is 24.0 Å². The topological polar surface area (TPSA) is 80.5 Å². The van der Waals surface area contributed by atoms with Crippen LogP contribution >= 0.6 is 24.0 Å². The summed E-state index contributed by atoms with van der Waals surface area (Å²) < 4.78 is 0. The molecule has 0 bridgehead atoms. The molecule has 1 heterocycles. The third-order valence-electron chi connectivity index (χ3n) is 5.21. The van der Waals surface area contributed by atoms with Crippen molar-refractivity contribution in [3.05, 3.63) is 71.3 Å². The first-order valence-electron chi connectivity index (χ1n) is 10.5. The van der Waals surface area contributed by atoms with Gasteiger partial charge in [0.15, 0.2) is 5.96 Å². The molecule has 0 aliphatic carbocycles. The van der Waals surface area contributed by atoms with E-state index in [2.05, 4.69) is 33.8 Å². The molecule has 1 unspecified atom stereocenters. The fourth-order valence-corrected chi connectivity index (χ4v) is 3.55. The van der Waals surface area contributed by atoms with Crippen LogP contribution < -0.4 is 10.6 Å². The number of hydrogen-bond donors (Lipinski definition) is 2. The maximum atomic E-state index is 12.4.